The van der Waals surface area contributed by atoms with Gasteiger partial charge in [-0.2, -0.15) is 13.2 Å². The van der Waals surface area contributed by atoms with E-state index in [1.807, 2.05) is 0 Å². The first-order valence-electron chi connectivity index (χ1n) is 5.50. The van der Waals surface area contributed by atoms with Gasteiger partial charge in [0.25, 0.3) is 0 Å². The van der Waals surface area contributed by atoms with Crippen LogP contribution in [0, 0.1) is 0 Å². The summed E-state index contributed by atoms with van der Waals surface area (Å²) in [6, 6.07) is 3.03. The zero-order valence-electron chi connectivity index (χ0n) is 10.6. The number of carbonyl (C=O) groups excluding carboxylic acids is 1. The van der Waals surface area contributed by atoms with Crippen molar-refractivity contribution in [3.05, 3.63) is 35.5 Å². The van der Waals surface area contributed by atoms with Gasteiger partial charge in [0.15, 0.2) is 0 Å². The maximum absolute atomic E-state index is 12.6. The molecule has 0 bridgehead atoms. The van der Waals surface area contributed by atoms with Crippen molar-refractivity contribution in [2.75, 3.05) is 14.2 Å². The molecule has 1 heterocycles. The Labute approximate surface area is 112 Å². The molecule has 0 fully saturated rings. The smallest absolute Gasteiger partial charge is 0.416 e. The normalized spacial score (nSPS) is 11.4. The van der Waals surface area contributed by atoms with E-state index in [9.17, 15) is 18.0 Å². The van der Waals surface area contributed by atoms with Crippen LogP contribution < -0.4 is 4.74 Å². The van der Waals surface area contributed by atoms with E-state index in [2.05, 4.69) is 9.72 Å². The van der Waals surface area contributed by atoms with Crippen molar-refractivity contribution < 1.29 is 27.4 Å². The summed E-state index contributed by atoms with van der Waals surface area (Å²) in [5, 5.41) is 0.309. The van der Waals surface area contributed by atoms with E-state index in [1.165, 1.54) is 20.3 Å². The van der Waals surface area contributed by atoms with Crippen molar-refractivity contribution in [2.45, 2.75) is 6.18 Å². The molecule has 106 valence electrons. The lowest BCUT2D eigenvalue weighted by Crippen LogP contribution is -2.07. The SMILES string of the molecule is COC(=O)c1cnc2cc(C(F)(F)F)ccc2c1OC. The van der Waals surface area contributed by atoms with Crippen LogP contribution in [0.3, 0.4) is 0 Å². The van der Waals surface area contributed by atoms with E-state index in [0.29, 0.717) is 5.39 Å². The number of rotatable bonds is 2. The summed E-state index contributed by atoms with van der Waals surface area (Å²) in [7, 11) is 2.51. The number of hydrogen-bond acceptors (Lipinski definition) is 4. The first-order chi connectivity index (χ1) is 9.38. The first-order valence-corrected chi connectivity index (χ1v) is 5.50. The van der Waals surface area contributed by atoms with Crippen molar-refractivity contribution in [2.24, 2.45) is 0 Å². The van der Waals surface area contributed by atoms with Gasteiger partial charge in [0.1, 0.15) is 11.3 Å². The van der Waals surface area contributed by atoms with Crippen LogP contribution in [0.5, 0.6) is 5.75 Å². The third-order valence-electron chi connectivity index (χ3n) is 2.76. The maximum Gasteiger partial charge on any atom is 0.416 e. The highest BCUT2D eigenvalue weighted by Gasteiger charge is 2.31. The number of halogens is 3. The molecule has 0 unspecified atom stereocenters. The zero-order chi connectivity index (χ0) is 14.9. The minimum atomic E-state index is -4.45. The molecule has 0 aliphatic rings. The average Bonchev–Trinajstić information content (AvgIpc) is 2.43. The number of aromatic nitrogens is 1. The van der Waals surface area contributed by atoms with Crippen LogP contribution in [0.15, 0.2) is 24.4 Å². The van der Waals surface area contributed by atoms with E-state index in [1.54, 1.807) is 0 Å². The van der Waals surface area contributed by atoms with Crippen LogP contribution in [0.1, 0.15) is 15.9 Å². The second-order valence-electron chi connectivity index (χ2n) is 3.93. The molecule has 1 aromatic carbocycles. The number of fused-ring (bicyclic) bond motifs is 1. The minimum Gasteiger partial charge on any atom is -0.495 e. The number of carbonyl (C=O) groups is 1. The quantitative estimate of drug-likeness (QED) is 0.796. The van der Waals surface area contributed by atoms with Crippen molar-refractivity contribution in [1.29, 1.82) is 0 Å². The highest BCUT2D eigenvalue weighted by atomic mass is 19.4. The molecular formula is C13H10F3NO3. The number of alkyl halides is 3. The van der Waals surface area contributed by atoms with Gasteiger partial charge in [-0.15, -0.1) is 0 Å². The van der Waals surface area contributed by atoms with Gasteiger partial charge in [0.2, 0.25) is 0 Å². The maximum atomic E-state index is 12.6. The van der Waals surface area contributed by atoms with Crippen LogP contribution in [0.2, 0.25) is 0 Å². The van der Waals surface area contributed by atoms with Gasteiger partial charge >= 0.3 is 12.1 Å². The predicted octanol–water partition coefficient (Wildman–Crippen LogP) is 3.05. The lowest BCUT2D eigenvalue weighted by molar-refractivity contribution is -0.137. The van der Waals surface area contributed by atoms with Crippen LogP contribution in [-0.4, -0.2) is 25.2 Å². The molecule has 0 amide bonds. The fourth-order valence-electron chi connectivity index (χ4n) is 1.82. The Balaban J connectivity index is 2.68. The summed E-state index contributed by atoms with van der Waals surface area (Å²) >= 11 is 0. The van der Waals surface area contributed by atoms with Gasteiger partial charge in [-0.1, -0.05) is 0 Å². The third-order valence-corrected chi connectivity index (χ3v) is 2.76. The fourth-order valence-corrected chi connectivity index (χ4v) is 1.82. The summed E-state index contributed by atoms with van der Waals surface area (Å²) in [4.78, 5) is 15.4. The summed E-state index contributed by atoms with van der Waals surface area (Å²) in [5.41, 5.74) is -0.669. The minimum absolute atomic E-state index is 0.0576. The zero-order valence-corrected chi connectivity index (χ0v) is 10.6. The van der Waals surface area contributed by atoms with E-state index >= 15 is 0 Å². The highest BCUT2D eigenvalue weighted by Crippen LogP contribution is 2.34. The van der Waals surface area contributed by atoms with Crippen LogP contribution in [0.25, 0.3) is 10.9 Å². The number of esters is 1. The monoisotopic (exact) mass is 285 g/mol. The second-order valence-corrected chi connectivity index (χ2v) is 3.93. The second kappa shape index (κ2) is 4.99. The molecule has 2 aromatic rings. The predicted molar refractivity (Wildman–Crippen MR) is 64.6 cm³/mol. The Morgan fingerprint density at radius 3 is 2.50 bits per heavy atom. The van der Waals surface area contributed by atoms with Crippen LogP contribution in [-0.2, 0) is 10.9 Å². The van der Waals surface area contributed by atoms with Crippen molar-refractivity contribution in [1.82, 2.24) is 4.98 Å². The standard InChI is InChI=1S/C13H10F3NO3/c1-19-11-8-4-3-7(13(14,15)16)5-10(8)17-6-9(11)12(18)20-2/h3-6H,1-2H3. The molecular weight excluding hydrogens is 275 g/mol. The number of hydrogen-bond donors (Lipinski definition) is 0. The van der Waals surface area contributed by atoms with E-state index in [0.717, 1.165) is 18.3 Å². The Bertz CT molecular complexity index is 668. The molecule has 4 nitrogen and oxygen atoms in total. The number of ether oxygens (including phenoxy) is 2. The van der Waals surface area contributed by atoms with Crippen molar-refractivity contribution >= 4 is 16.9 Å². The Kier molecular flexibility index (Phi) is 3.52. The number of pyridine rings is 1. The van der Waals surface area contributed by atoms with Crippen molar-refractivity contribution in [3.8, 4) is 5.75 Å². The molecule has 0 saturated carbocycles. The molecule has 0 spiro atoms. The van der Waals surface area contributed by atoms with Crippen molar-refractivity contribution in [3.63, 3.8) is 0 Å². The molecule has 0 N–H and O–H groups in total. The summed E-state index contributed by atoms with van der Waals surface area (Å²) in [6.45, 7) is 0. The topological polar surface area (TPSA) is 48.4 Å². The number of benzene rings is 1. The Hall–Kier alpha value is -2.31. The Morgan fingerprint density at radius 1 is 1.25 bits per heavy atom. The molecule has 0 saturated heterocycles. The molecule has 7 heteroatoms. The summed E-state index contributed by atoms with van der Waals surface area (Å²) in [6.07, 6.45) is -3.32. The number of methoxy groups -OCH3 is 2. The lowest BCUT2D eigenvalue weighted by Gasteiger charge is -2.11. The molecule has 0 radical (unpaired) electrons. The van der Waals surface area contributed by atoms with E-state index in [4.69, 9.17) is 4.74 Å². The lowest BCUT2D eigenvalue weighted by atomic mass is 10.1. The highest BCUT2D eigenvalue weighted by molar-refractivity contribution is 5.99. The van der Waals surface area contributed by atoms with Gasteiger partial charge in [-0.3, -0.25) is 4.98 Å². The molecule has 1 aromatic heterocycles. The Morgan fingerprint density at radius 2 is 1.95 bits per heavy atom. The van der Waals surface area contributed by atoms with Gasteiger partial charge in [-0.25, -0.2) is 4.79 Å². The largest absolute Gasteiger partial charge is 0.495 e. The van der Waals surface area contributed by atoms with Gasteiger partial charge < -0.3 is 9.47 Å². The van der Waals surface area contributed by atoms with Crippen LogP contribution >= 0.6 is 0 Å². The first kappa shape index (κ1) is 14.1. The van der Waals surface area contributed by atoms with E-state index in [-0.39, 0.29) is 16.8 Å². The van der Waals surface area contributed by atoms with Gasteiger partial charge in [0, 0.05) is 11.6 Å². The van der Waals surface area contributed by atoms with Gasteiger partial charge in [-0.05, 0) is 18.2 Å². The molecule has 0 aliphatic carbocycles. The molecule has 0 aliphatic heterocycles. The summed E-state index contributed by atoms with van der Waals surface area (Å²) in [5.74, 6) is -0.535. The van der Waals surface area contributed by atoms with E-state index < -0.39 is 17.7 Å². The average molecular weight is 285 g/mol. The molecule has 2 rings (SSSR count). The molecule has 20 heavy (non-hydrogen) atoms. The third kappa shape index (κ3) is 2.38. The van der Waals surface area contributed by atoms with Crippen LogP contribution in [0.4, 0.5) is 13.2 Å². The van der Waals surface area contributed by atoms with Gasteiger partial charge in [0.05, 0.1) is 25.3 Å². The summed E-state index contributed by atoms with van der Waals surface area (Å²) < 4.78 is 47.5. The number of nitrogens with zero attached hydrogens (tertiary/aromatic N) is 1. The fraction of sp³-hybridized carbons (Fsp3) is 0.231. The molecule has 0 atom stereocenters.